The smallest absolute Gasteiger partial charge is 0.0776 e. The van der Waals surface area contributed by atoms with Crippen molar-refractivity contribution in [3.05, 3.63) is 0 Å². The summed E-state index contributed by atoms with van der Waals surface area (Å²) < 4.78 is 5.33. The monoisotopic (exact) mass is 216 g/mol. The van der Waals surface area contributed by atoms with E-state index in [9.17, 15) is 5.11 Å². The van der Waals surface area contributed by atoms with Crippen LogP contribution in [0.25, 0.3) is 0 Å². The van der Waals surface area contributed by atoms with E-state index in [0.717, 1.165) is 25.9 Å². The highest BCUT2D eigenvalue weighted by Gasteiger charge is 2.17. The third-order valence-corrected chi connectivity index (χ3v) is 2.29. The number of rotatable bonds is 7. The van der Waals surface area contributed by atoms with E-state index in [1.165, 1.54) is 0 Å². The fourth-order valence-corrected chi connectivity index (χ4v) is 2.02. The van der Waals surface area contributed by atoms with Crippen molar-refractivity contribution in [1.29, 1.82) is 0 Å². The van der Waals surface area contributed by atoms with Gasteiger partial charge in [0.05, 0.1) is 12.7 Å². The third-order valence-electron chi connectivity index (χ3n) is 2.29. The normalized spacial score (nSPS) is 16.4. The lowest BCUT2D eigenvalue weighted by Crippen LogP contribution is -2.21. The number of aliphatic hydroxyl groups excluding tert-OH is 1. The minimum atomic E-state index is -0.297. The van der Waals surface area contributed by atoms with Crippen LogP contribution in [0.5, 0.6) is 0 Å². The van der Waals surface area contributed by atoms with Crippen molar-refractivity contribution in [2.75, 3.05) is 13.2 Å². The Balaban J connectivity index is 3.62. The van der Waals surface area contributed by atoms with Gasteiger partial charge in [0.2, 0.25) is 0 Å². The molecule has 0 aromatic rings. The second-order valence-corrected chi connectivity index (χ2v) is 5.83. The van der Waals surface area contributed by atoms with Crippen molar-refractivity contribution in [2.45, 2.75) is 60.0 Å². The summed E-state index contributed by atoms with van der Waals surface area (Å²) in [6.07, 6.45) is 2.72. The van der Waals surface area contributed by atoms with Crippen molar-refractivity contribution in [3.8, 4) is 0 Å². The summed E-state index contributed by atoms with van der Waals surface area (Å²) in [6, 6.07) is 0. The van der Waals surface area contributed by atoms with Gasteiger partial charge in [-0.25, -0.2) is 0 Å². The van der Waals surface area contributed by atoms with Gasteiger partial charge < -0.3 is 9.84 Å². The predicted octanol–water partition coefficient (Wildman–Crippen LogP) is 3.24. The van der Waals surface area contributed by atoms with Crippen LogP contribution in [0.2, 0.25) is 0 Å². The molecule has 0 aromatic heterocycles. The van der Waals surface area contributed by atoms with Crippen LogP contribution in [0.1, 0.15) is 53.9 Å². The van der Waals surface area contributed by atoms with E-state index in [1.807, 2.05) is 0 Å². The van der Waals surface area contributed by atoms with E-state index in [1.54, 1.807) is 0 Å². The Morgan fingerprint density at radius 3 is 2.33 bits per heavy atom. The van der Waals surface area contributed by atoms with Gasteiger partial charge in [-0.1, -0.05) is 34.6 Å². The fraction of sp³-hybridized carbons (Fsp3) is 1.00. The summed E-state index contributed by atoms with van der Waals surface area (Å²) in [4.78, 5) is 0. The molecule has 0 amide bonds. The molecule has 1 N–H and O–H groups in total. The van der Waals surface area contributed by atoms with Crippen LogP contribution in [-0.4, -0.2) is 24.4 Å². The number of hydrogen-bond donors (Lipinski definition) is 1. The van der Waals surface area contributed by atoms with E-state index in [4.69, 9.17) is 4.74 Å². The highest BCUT2D eigenvalue weighted by molar-refractivity contribution is 4.69. The van der Waals surface area contributed by atoms with Crippen molar-refractivity contribution < 1.29 is 9.84 Å². The molecule has 0 fully saturated rings. The first-order valence-corrected chi connectivity index (χ1v) is 6.11. The Hall–Kier alpha value is -0.0800. The van der Waals surface area contributed by atoms with Gasteiger partial charge in [0.15, 0.2) is 0 Å². The summed E-state index contributed by atoms with van der Waals surface area (Å²) >= 11 is 0. The van der Waals surface area contributed by atoms with Gasteiger partial charge in [-0.05, 0) is 30.6 Å². The van der Waals surface area contributed by atoms with E-state index in [2.05, 4.69) is 34.6 Å². The topological polar surface area (TPSA) is 29.5 Å². The van der Waals surface area contributed by atoms with Crippen LogP contribution < -0.4 is 0 Å². The first-order chi connectivity index (χ1) is 6.85. The van der Waals surface area contributed by atoms with Crippen LogP contribution in [0.3, 0.4) is 0 Å². The van der Waals surface area contributed by atoms with E-state index >= 15 is 0 Å². The Morgan fingerprint density at radius 1 is 1.27 bits per heavy atom. The lowest BCUT2D eigenvalue weighted by molar-refractivity contribution is 0.0226. The Bertz CT molecular complexity index is 149. The van der Waals surface area contributed by atoms with Gasteiger partial charge in [-0.2, -0.15) is 0 Å². The first kappa shape index (κ1) is 14.9. The van der Waals surface area contributed by atoms with E-state index in [-0.39, 0.29) is 6.10 Å². The number of ether oxygens (including phenoxy) is 1. The zero-order valence-electron chi connectivity index (χ0n) is 11.0. The lowest BCUT2D eigenvalue weighted by atomic mass is 9.83. The van der Waals surface area contributed by atoms with Crippen LogP contribution in [0, 0.1) is 11.3 Å². The molecule has 0 saturated heterocycles. The average molecular weight is 216 g/mol. The molecule has 0 aliphatic heterocycles. The zero-order valence-corrected chi connectivity index (χ0v) is 11.0. The molecule has 2 atom stereocenters. The van der Waals surface area contributed by atoms with Gasteiger partial charge >= 0.3 is 0 Å². The molecule has 15 heavy (non-hydrogen) atoms. The summed E-state index contributed by atoms with van der Waals surface area (Å²) in [5, 5.41) is 9.72. The van der Waals surface area contributed by atoms with Crippen molar-refractivity contribution in [1.82, 2.24) is 0 Å². The minimum Gasteiger partial charge on any atom is -0.391 e. The average Bonchev–Trinajstić information content (AvgIpc) is 2.00. The molecule has 2 heteroatoms. The molecule has 0 heterocycles. The van der Waals surface area contributed by atoms with Crippen LogP contribution in [0.4, 0.5) is 0 Å². The van der Waals surface area contributed by atoms with Crippen LogP contribution in [-0.2, 0) is 4.74 Å². The summed E-state index contributed by atoms with van der Waals surface area (Å²) in [7, 11) is 0. The molecular formula is C13H28O2. The maximum absolute atomic E-state index is 9.72. The Labute approximate surface area is 95.0 Å². The predicted molar refractivity (Wildman–Crippen MR) is 65.0 cm³/mol. The molecule has 92 valence electrons. The Kier molecular flexibility index (Phi) is 7.20. The maximum Gasteiger partial charge on any atom is 0.0776 e. The van der Waals surface area contributed by atoms with Gasteiger partial charge in [0.25, 0.3) is 0 Å². The molecule has 2 unspecified atom stereocenters. The van der Waals surface area contributed by atoms with Crippen molar-refractivity contribution in [3.63, 3.8) is 0 Å². The number of aliphatic hydroxyl groups is 1. The van der Waals surface area contributed by atoms with Crippen LogP contribution >= 0.6 is 0 Å². The maximum atomic E-state index is 9.72. The largest absolute Gasteiger partial charge is 0.391 e. The van der Waals surface area contributed by atoms with E-state index < -0.39 is 0 Å². The molecule has 0 bridgehead atoms. The summed E-state index contributed by atoms with van der Waals surface area (Å²) in [6.45, 7) is 12.2. The lowest BCUT2D eigenvalue weighted by Gasteiger charge is -2.24. The highest BCUT2D eigenvalue weighted by Crippen LogP contribution is 2.26. The third kappa shape index (κ3) is 10.2. The first-order valence-electron chi connectivity index (χ1n) is 6.11. The Morgan fingerprint density at radius 2 is 1.87 bits per heavy atom. The van der Waals surface area contributed by atoms with Gasteiger partial charge in [0, 0.05) is 6.61 Å². The quantitative estimate of drug-likeness (QED) is 0.662. The molecule has 0 aliphatic carbocycles. The van der Waals surface area contributed by atoms with Gasteiger partial charge in [0.1, 0.15) is 0 Å². The molecule has 0 spiro atoms. The SMILES string of the molecule is CCCOCC(O)CC(C)CC(C)(C)C. The molecule has 0 aliphatic rings. The van der Waals surface area contributed by atoms with Crippen molar-refractivity contribution in [2.24, 2.45) is 11.3 Å². The highest BCUT2D eigenvalue weighted by atomic mass is 16.5. The summed E-state index contributed by atoms with van der Waals surface area (Å²) in [5.74, 6) is 0.560. The van der Waals surface area contributed by atoms with Gasteiger partial charge in [-0.3, -0.25) is 0 Å². The number of hydrogen-bond acceptors (Lipinski definition) is 2. The van der Waals surface area contributed by atoms with Gasteiger partial charge in [-0.15, -0.1) is 0 Å². The summed E-state index contributed by atoms with van der Waals surface area (Å²) in [5.41, 5.74) is 0.351. The molecule has 0 radical (unpaired) electrons. The molecular weight excluding hydrogens is 188 g/mol. The molecule has 0 saturated carbocycles. The van der Waals surface area contributed by atoms with Crippen molar-refractivity contribution >= 4 is 0 Å². The van der Waals surface area contributed by atoms with E-state index in [0.29, 0.717) is 17.9 Å². The fourth-order valence-electron chi connectivity index (χ4n) is 2.02. The van der Waals surface area contributed by atoms with Crippen LogP contribution in [0.15, 0.2) is 0 Å². The minimum absolute atomic E-state index is 0.297. The standard InChI is InChI=1S/C13H28O2/c1-6-7-15-10-12(14)8-11(2)9-13(3,4)5/h11-12,14H,6-10H2,1-5H3. The molecule has 2 nitrogen and oxygen atoms in total. The second kappa shape index (κ2) is 7.24. The molecule has 0 aromatic carbocycles. The second-order valence-electron chi connectivity index (χ2n) is 5.83. The molecule has 0 rings (SSSR count). The zero-order chi connectivity index (χ0) is 11.9.